The molecule has 0 bridgehead atoms. The van der Waals surface area contributed by atoms with Crippen LogP contribution in [0.3, 0.4) is 0 Å². The highest BCUT2D eigenvalue weighted by atomic mass is 32.2. The van der Waals surface area contributed by atoms with E-state index in [4.69, 9.17) is 4.98 Å². The number of thioether (sulfide) groups is 1. The van der Waals surface area contributed by atoms with E-state index in [0.29, 0.717) is 19.0 Å². The Morgan fingerprint density at radius 1 is 0.969 bits per heavy atom. The Hall–Kier alpha value is -2.48. The zero-order valence-electron chi connectivity index (χ0n) is 19.6. The first kappa shape index (κ1) is 22.7. The Kier molecular flexibility index (Phi) is 7.08. The molecule has 0 atom stereocenters. The smallest absolute Gasteiger partial charge is 0.321 e. The summed E-state index contributed by atoms with van der Waals surface area (Å²) < 4.78 is 0. The molecule has 7 nitrogen and oxygen atoms in total. The average molecular weight is 455 g/mol. The monoisotopic (exact) mass is 454 g/mol. The van der Waals surface area contributed by atoms with Crippen molar-refractivity contribution in [3.8, 4) is 0 Å². The minimum Gasteiger partial charge on any atom is -0.370 e. The second kappa shape index (κ2) is 9.98. The summed E-state index contributed by atoms with van der Waals surface area (Å²) in [6.07, 6.45) is 0. The predicted molar refractivity (Wildman–Crippen MR) is 134 cm³/mol. The number of piperazine rings is 1. The van der Waals surface area contributed by atoms with Crippen molar-refractivity contribution in [2.45, 2.75) is 33.6 Å². The van der Waals surface area contributed by atoms with Gasteiger partial charge in [0.2, 0.25) is 0 Å². The van der Waals surface area contributed by atoms with E-state index in [1.807, 2.05) is 35.7 Å². The summed E-state index contributed by atoms with van der Waals surface area (Å²) in [5.41, 5.74) is 4.22. The fraction of sp³-hybridized carbons (Fsp3) is 0.542. The van der Waals surface area contributed by atoms with Gasteiger partial charge >= 0.3 is 6.03 Å². The van der Waals surface area contributed by atoms with Gasteiger partial charge in [-0.3, -0.25) is 0 Å². The highest BCUT2D eigenvalue weighted by Crippen LogP contribution is 2.25. The van der Waals surface area contributed by atoms with Gasteiger partial charge in [-0.05, 0) is 37.6 Å². The maximum absolute atomic E-state index is 12.9. The minimum absolute atomic E-state index is 0.0309. The van der Waals surface area contributed by atoms with Crippen LogP contribution in [0.15, 0.2) is 24.3 Å². The lowest BCUT2D eigenvalue weighted by atomic mass is 10.1. The summed E-state index contributed by atoms with van der Waals surface area (Å²) in [6.45, 7) is 13.4. The molecule has 32 heavy (non-hydrogen) atoms. The second-order valence-electron chi connectivity index (χ2n) is 8.88. The number of aromatic nitrogens is 2. The van der Waals surface area contributed by atoms with Gasteiger partial charge in [0.1, 0.15) is 11.6 Å². The molecule has 1 aromatic heterocycles. The van der Waals surface area contributed by atoms with E-state index in [-0.39, 0.29) is 6.03 Å². The topological polar surface area (TPSA) is 64.6 Å². The molecule has 2 saturated heterocycles. The van der Waals surface area contributed by atoms with Crippen molar-refractivity contribution in [3.05, 3.63) is 41.3 Å². The number of hydrogen-bond donors (Lipinski definition) is 1. The average Bonchev–Trinajstić information content (AvgIpc) is 2.80. The number of hydrogen-bond acceptors (Lipinski definition) is 6. The van der Waals surface area contributed by atoms with E-state index < -0.39 is 0 Å². The second-order valence-corrected chi connectivity index (χ2v) is 10.1. The van der Waals surface area contributed by atoms with Crippen LogP contribution in [0.2, 0.25) is 0 Å². The van der Waals surface area contributed by atoms with Crippen molar-refractivity contribution in [1.29, 1.82) is 0 Å². The standard InChI is InChI=1S/C24H34N6OS/c1-17(2)23-25-19(4)16-22(27-23)29-7-9-30(10-8-29)24(31)26-21-6-5-20(15-18(21)3)28-11-13-32-14-12-28/h5-6,15-17H,7-14H2,1-4H3,(H,26,31). The molecule has 0 saturated carbocycles. The molecule has 0 radical (unpaired) electrons. The third kappa shape index (κ3) is 5.28. The van der Waals surface area contributed by atoms with Gasteiger partial charge in [0.15, 0.2) is 0 Å². The van der Waals surface area contributed by atoms with Crippen molar-refractivity contribution in [2.24, 2.45) is 0 Å². The van der Waals surface area contributed by atoms with E-state index >= 15 is 0 Å². The van der Waals surface area contributed by atoms with E-state index in [2.05, 4.69) is 53.0 Å². The van der Waals surface area contributed by atoms with Crippen LogP contribution in [0.25, 0.3) is 0 Å². The lowest BCUT2D eigenvalue weighted by Gasteiger charge is -2.35. The van der Waals surface area contributed by atoms with Gasteiger partial charge in [-0.1, -0.05) is 13.8 Å². The zero-order chi connectivity index (χ0) is 22.7. The van der Waals surface area contributed by atoms with E-state index in [0.717, 1.165) is 54.8 Å². The van der Waals surface area contributed by atoms with Crippen LogP contribution in [-0.4, -0.2) is 71.7 Å². The number of urea groups is 1. The summed E-state index contributed by atoms with van der Waals surface area (Å²) in [6, 6.07) is 8.36. The molecule has 2 aromatic rings. The highest BCUT2D eigenvalue weighted by molar-refractivity contribution is 7.99. The predicted octanol–water partition coefficient (Wildman–Crippen LogP) is 4.12. The van der Waals surface area contributed by atoms with Crippen molar-refractivity contribution < 1.29 is 4.79 Å². The van der Waals surface area contributed by atoms with Gasteiger partial charge in [0, 0.05) is 79.8 Å². The van der Waals surface area contributed by atoms with E-state index in [1.54, 1.807) is 0 Å². The molecule has 3 heterocycles. The van der Waals surface area contributed by atoms with Crippen LogP contribution >= 0.6 is 11.8 Å². The molecule has 2 aliphatic heterocycles. The number of carbonyl (C=O) groups is 1. The Morgan fingerprint density at radius 2 is 1.69 bits per heavy atom. The number of benzene rings is 1. The first-order valence-electron chi connectivity index (χ1n) is 11.5. The molecular weight excluding hydrogens is 420 g/mol. The Labute approximate surface area is 195 Å². The zero-order valence-corrected chi connectivity index (χ0v) is 20.4. The van der Waals surface area contributed by atoms with Crippen LogP contribution < -0.4 is 15.1 Å². The highest BCUT2D eigenvalue weighted by Gasteiger charge is 2.23. The summed E-state index contributed by atoms with van der Waals surface area (Å²) in [5, 5.41) is 3.12. The number of rotatable bonds is 4. The summed E-state index contributed by atoms with van der Waals surface area (Å²) >= 11 is 2.01. The number of aryl methyl sites for hydroxylation is 2. The molecule has 4 rings (SSSR count). The SMILES string of the molecule is Cc1cc(N2CCN(C(=O)Nc3ccc(N4CCSCC4)cc3C)CC2)nc(C(C)C)n1. The molecule has 0 aliphatic carbocycles. The molecule has 0 spiro atoms. The maximum atomic E-state index is 12.9. The van der Waals surface area contributed by atoms with Crippen molar-refractivity contribution >= 4 is 35.0 Å². The molecule has 1 aromatic carbocycles. The van der Waals surface area contributed by atoms with Crippen LogP contribution in [-0.2, 0) is 0 Å². The fourth-order valence-electron chi connectivity index (χ4n) is 4.13. The quantitative estimate of drug-likeness (QED) is 0.750. The number of nitrogens with zero attached hydrogens (tertiary/aromatic N) is 5. The minimum atomic E-state index is -0.0309. The molecule has 1 N–H and O–H groups in total. The van der Waals surface area contributed by atoms with Crippen LogP contribution in [0.4, 0.5) is 22.0 Å². The Morgan fingerprint density at radius 3 is 2.34 bits per heavy atom. The third-order valence-electron chi connectivity index (χ3n) is 6.09. The van der Waals surface area contributed by atoms with E-state index in [9.17, 15) is 4.79 Å². The molecule has 2 aliphatic rings. The first-order chi connectivity index (χ1) is 15.4. The van der Waals surface area contributed by atoms with Crippen molar-refractivity contribution in [2.75, 3.05) is 65.9 Å². The first-order valence-corrected chi connectivity index (χ1v) is 12.7. The molecule has 2 amide bonds. The van der Waals surface area contributed by atoms with Crippen LogP contribution in [0.5, 0.6) is 0 Å². The number of carbonyl (C=O) groups excluding carboxylic acids is 1. The van der Waals surface area contributed by atoms with Gasteiger partial charge < -0.3 is 20.0 Å². The molecule has 2 fully saturated rings. The summed E-state index contributed by atoms with van der Waals surface area (Å²) in [7, 11) is 0. The number of nitrogens with one attached hydrogen (secondary N) is 1. The van der Waals surface area contributed by atoms with Crippen molar-refractivity contribution in [3.63, 3.8) is 0 Å². The molecule has 8 heteroatoms. The maximum Gasteiger partial charge on any atom is 0.321 e. The lowest BCUT2D eigenvalue weighted by Crippen LogP contribution is -2.50. The normalized spacial score (nSPS) is 17.1. The van der Waals surface area contributed by atoms with E-state index in [1.165, 1.54) is 17.2 Å². The molecule has 0 unspecified atom stereocenters. The Bertz CT molecular complexity index is 952. The fourth-order valence-corrected chi connectivity index (χ4v) is 5.04. The molecule has 172 valence electrons. The van der Waals surface area contributed by atoms with Crippen molar-refractivity contribution in [1.82, 2.24) is 14.9 Å². The Balaban J connectivity index is 1.35. The van der Waals surface area contributed by atoms with Gasteiger partial charge in [0.25, 0.3) is 0 Å². The van der Waals surface area contributed by atoms with Crippen LogP contribution in [0, 0.1) is 13.8 Å². The lowest BCUT2D eigenvalue weighted by molar-refractivity contribution is 0.208. The van der Waals surface area contributed by atoms with Gasteiger partial charge in [-0.15, -0.1) is 0 Å². The largest absolute Gasteiger partial charge is 0.370 e. The third-order valence-corrected chi connectivity index (χ3v) is 7.04. The molecular formula is C24H34N6OS. The summed E-state index contributed by atoms with van der Waals surface area (Å²) in [5.74, 6) is 4.49. The van der Waals surface area contributed by atoms with Gasteiger partial charge in [-0.2, -0.15) is 11.8 Å². The number of amides is 2. The summed E-state index contributed by atoms with van der Waals surface area (Å²) in [4.78, 5) is 28.8. The van der Waals surface area contributed by atoms with Crippen LogP contribution in [0.1, 0.15) is 36.8 Å². The van der Waals surface area contributed by atoms with Gasteiger partial charge in [-0.25, -0.2) is 14.8 Å². The number of anilines is 3. The van der Waals surface area contributed by atoms with Gasteiger partial charge in [0.05, 0.1) is 0 Å².